The number of nitrogens with one attached hydrogen (secondary N) is 1. The summed E-state index contributed by atoms with van der Waals surface area (Å²) in [6.07, 6.45) is 3.12. The second-order valence-electron chi connectivity index (χ2n) is 8.52. The van der Waals surface area contributed by atoms with Crippen LogP contribution in [0.3, 0.4) is 0 Å². The molecule has 0 spiro atoms. The molecular weight excluding hydrogens is 466 g/mol. The number of carbonyl (C=O) groups is 1. The van der Waals surface area contributed by atoms with E-state index in [0.717, 1.165) is 11.1 Å². The molecule has 0 radical (unpaired) electrons. The van der Waals surface area contributed by atoms with E-state index in [9.17, 15) is 4.79 Å². The molecule has 0 aliphatic heterocycles. The van der Waals surface area contributed by atoms with Crippen molar-refractivity contribution in [3.05, 3.63) is 120 Å². The highest BCUT2D eigenvalue weighted by Crippen LogP contribution is 2.22. The summed E-state index contributed by atoms with van der Waals surface area (Å²) in [6.45, 7) is 1.75. The number of imidazole rings is 1. The number of carbonyl (C=O) groups excluding carboxylic acids is 1. The fourth-order valence-electron chi connectivity index (χ4n) is 3.96. The summed E-state index contributed by atoms with van der Waals surface area (Å²) in [7, 11) is 0. The molecule has 5 rings (SSSR count). The number of aromatic nitrogens is 4. The zero-order chi connectivity index (χ0) is 25.3. The van der Waals surface area contributed by atoms with Gasteiger partial charge in [-0.05, 0) is 23.3 Å². The predicted molar refractivity (Wildman–Crippen MR) is 141 cm³/mol. The molecule has 0 atom stereocenters. The van der Waals surface area contributed by atoms with E-state index in [1.54, 1.807) is 18.5 Å². The normalized spacial score (nSPS) is 11.2. The maximum absolute atomic E-state index is 12.7. The Morgan fingerprint density at radius 2 is 1.32 bits per heavy atom. The summed E-state index contributed by atoms with van der Waals surface area (Å²) in [5.41, 5.74) is 3.82. The van der Waals surface area contributed by atoms with Gasteiger partial charge in [0.1, 0.15) is 6.33 Å². The first-order chi connectivity index (χ1) is 18.3. The monoisotopic (exact) mass is 493 g/mol. The van der Waals surface area contributed by atoms with E-state index in [0.29, 0.717) is 49.0 Å². The molecule has 0 saturated heterocycles. The predicted octanol–water partition coefficient (Wildman–Crippen LogP) is 5.05. The van der Waals surface area contributed by atoms with Gasteiger partial charge in [0.05, 0.1) is 38.8 Å². The molecule has 8 nitrogen and oxygen atoms in total. The number of ether oxygens (including phenoxy) is 2. The first-order valence-electron chi connectivity index (χ1n) is 12.0. The zero-order valence-corrected chi connectivity index (χ0v) is 20.2. The molecule has 37 heavy (non-hydrogen) atoms. The van der Waals surface area contributed by atoms with E-state index >= 15 is 0 Å². The highest BCUT2D eigenvalue weighted by molar-refractivity contribution is 6.06. The summed E-state index contributed by atoms with van der Waals surface area (Å²) in [4.78, 5) is 26.0. The van der Waals surface area contributed by atoms with Crippen LogP contribution in [0.2, 0.25) is 0 Å². The molecule has 1 amide bonds. The van der Waals surface area contributed by atoms with Crippen molar-refractivity contribution >= 4 is 22.9 Å². The number of fused-ring (bicyclic) bond motifs is 1. The summed E-state index contributed by atoms with van der Waals surface area (Å²) in [6, 6.07) is 28.8. The average Bonchev–Trinajstić information content (AvgIpc) is 3.39. The van der Waals surface area contributed by atoms with Gasteiger partial charge >= 0.3 is 0 Å². The van der Waals surface area contributed by atoms with Crippen LogP contribution in [0.1, 0.15) is 27.5 Å². The lowest BCUT2D eigenvalue weighted by atomic mass is 10.2. The Morgan fingerprint density at radius 1 is 0.757 bits per heavy atom. The standard InChI is InChI=1S/C29H27N5O3/c35-29(24-14-8-3-9-15-24)33-27-26-28(31-20-30-27)34(21-32-26)25(18-36-16-22-10-4-1-5-11-22)19-37-17-23-12-6-2-7-13-23/h1-15,20-21,25H,16-19H2,(H,30,31,33,35). The molecule has 186 valence electrons. The Morgan fingerprint density at radius 3 is 1.92 bits per heavy atom. The third kappa shape index (κ3) is 6.24. The lowest BCUT2D eigenvalue weighted by Crippen LogP contribution is -2.21. The molecule has 0 aliphatic carbocycles. The number of amides is 1. The fourth-order valence-corrected chi connectivity index (χ4v) is 3.96. The Bertz CT molecular complexity index is 1380. The third-order valence-electron chi connectivity index (χ3n) is 5.86. The van der Waals surface area contributed by atoms with Crippen molar-refractivity contribution in [2.75, 3.05) is 18.5 Å². The van der Waals surface area contributed by atoms with E-state index in [1.165, 1.54) is 6.33 Å². The van der Waals surface area contributed by atoms with Crippen LogP contribution in [-0.4, -0.2) is 38.6 Å². The van der Waals surface area contributed by atoms with Crippen molar-refractivity contribution in [1.29, 1.82) is 0 Å². The number of rotatable bonds is 11. The van der Waals surface area contributed by atoms with Gasteiger partial charge in [-0.25, -0.2) is 15.0 Å². The summed E-state index contributed by atoms with van der Waals surface area (Å²) < 4.78 is 14.1. The van der Waals surface area contributed by atoms with Crippen molar-refractivity contribution in [1.82, 2.24) is 19.5 Å². The van der Waals surface area contributed by atoms with Gasteiger partial charge in [-0.15, -0.1) is 0 Å². The topological polar surface area (TPSA) is 91.2 Å². The molecule has 0 saturated carbocycles. The van der Waals surface area contributed by atoms with Crippen molar-refractivity contribution < 1.29 is 14.3 Å². The molecular formula is C29H27N5O3. The van der Waals surface area contributed by atoms with Gasteiger partial charge in [0, 0.05) is 5.56 Å². The first kappa shape index (κ1) is 24.3. The number of nitrogens with zero attached hydrogens (tertiary/aromatic N) is 4. The molecule has 0 fully saturated rings. The fraction of sp³-hybridized carbons (Fsp3) is 0.172. The molecule has 5 aromatic rings. The van der Waals surface area contributed by atoms with Gasteiger partial charge in [-0.3, -0.25) is 4.79 Å². The third-order valence-corrected chi connectivity index (χ3v) is 5.86. The molecule has 2 aromatic heterocycles. The van der Waals surface area contributed by atoms with Crippen LogP contribution >= 0.6 is 0 Å². The lowest BCUT2D eigenvalue weighted by Gasteiger charge is -2.19. The summed E-state index contributed by atoms with van der Waals surface area (Å²) in [5, 5.41) is 2.85. The number of hydrogen-bond donors (Lipinski definition) is 1. The van der Waals surface area contributed by atoms with Crippen molar-refractivity contribution in [3.8, 4) is 0 Å². The highest BCUT2D eigenvalue weighted by atomic mass is 16.5. The molecule has 3 aromatic carbocycles. The van der Waals surface area contributed by atoms with Gasteiger partial charge in [0.25, 0.3) is 5.91 Å². The van der Waals surface area contributed by atoms with Gasteiger partial charge in [-0.1, -0.05) is 78.9 Å². The second-order valence-corrected chi connectivity index (χ2v) is 8.52. The van der Waals surface area contributed by atoms with Gasteiger partial charge in [-0.2, -0.15) is 0 Å². The zero-order valence-electron chi connectivity index (χ0n) is 20.2. The van der Waals surface area contributed by atoms with Crippen LogP contribution in [0.15, 0.2) is 104 Å². The number of hydrogen-bond acceptors (Lipinski definition) is 6. The Balaban J connectivity index is 1.34. The van der Waals surface area contributed by atoms with E-state index in [-0.39, 0.29) is 11.9 Å². The van der Waals surface area contributed by atoms with E-state index in [2.05, 4.69) is 20.3 Å². The maximum atomic E-state index is 12.7. The largest absolute Gasteiger partial charge is 0.375 e. The minimum Gasteiger partial charge on any atom is -0.375 e. The molecule has 0 bridgehead atoms. The minimum absolute atomic E-state index is 0.190. The van der Waals surface area contributed by atoms with Crippen LogP contribution in [0, 0.1) is 0 Å². The van der Waals surface area contributed by atoms with Crippen LogP contribution in [-0.2, 0) is 22.7 Å². The molecule has 0 unspecified atom stereocenters. The smallest absolute Gasteiger partial charge is 0.256 e. The highest BCUT2D eigenvalue weighted by Gasteiger charge is 2.19. The lowest BCUT2D eigenvalue weighted by molar-refractivity contribution is 0.0327. The summed E-state index contributed by atoms with van der Waals surface area (Å²) in [5.74, 6) is 0.0934. The Labute approximate surface area is 214 Å². The number of anilines is 1. The van der Waals surface area contributed by atoms with Crippen LogP contribution in [0.5, 0.6) is 0 Å². The minimum atomic E-state index is -0.260. The van der Waals surface area contributed by atoms with Gasteiger partial charge in [0.15, 0.2) is 17.0 Å². The van der Waals surface area contributed by atoms with E-state index < -0.39 is 0 Å². The molecule has 8 heteroatoms. The van der Waals surface area contributed by atoms with Crippen LogP contribution in [0.25, 0.3) is 11.2 Å². The van der Waals surface area contributed by atoms with Gasteiger partial charge in [0.2, 0.25) is 0 Å². The number of benzene rings is 3. The quantitative estimate of drug-likeness (QED) is 0.277. The SMILES string of the molecule is O=C(Nc1ncnc2c1ncn2C(COCc1ccccc1)COCc1ccccc1)c1ccccc1. The first-order valence-corrected chi connectivity index (χ1v) is 12.0. The second kappa shape index (κ2) is 12.0. The van der Waals surface area contributed by atoms with Crippen LogP contribution < -0.4 is 5.32 Å². The van der Waals surface area contributed by atoms with Crippen molar-refractivity contribution in [3.63, 3.8) is 0 Å². The molecule has 1 N–H and O–H groups in total. The van der Waals surface area contributed by atoms with E-state index in [1.807, 2.05) is 83.4 Å². The Hall–Kier alpha value is -4.40. The Kier molecular flexibility index (Phi) is 7.90. The molecule has 0 aliphatic rings. The molecule has 2 heterocycles. The van der Waals surface area contributed by atoms with Gasteiger partial charge < -0.3 is 19.4 Å². The summed E-state index contributed by atoms with van der Waals surface area (Å²) >= 11 is 0. The average molecular weight is 494 g/mol. The van der Waals surface area contributed by atoms with E-state index in [4.69, 9.17) is 9.47 Å². The van der Waals surface area contributed by atoms with Crippen LogP contribution in [0.4, 0.5) is 5.82 Å². The van der Waals surface area contributed by atoms with Crippen molar-refractivity contribution in [2.24, 2.45) is 0 Å². The van der Waals surface area contributed by atoms with Crippen molar-refractivity contribution in [2.45, 2.75) is 19.3 Å². The maximum Gasteiger partial charge on any atom is 0.256 e.